The molecule has 1 aromatic rings. The number of carboxylic acid groups (broad SMARTS) is 1. The van der Waals surface area contributed by atoms with Crippen LogP contribution in [0.1, 0.15) is 21.0 Å². The summed E-state index contributed by atoms with van der Waals surface area (Å²) in [7, 11) is 0. The number of carboxylic acids is 1. The Morgan fingerprint density at radius 2 is 2.27 bits per heavy atom. The van der Waals surface area contributed by atoms with E-state index >= 15 is 0 Å². The smallest absolute Gasteiger partial charge is 0.358 e. The topological polar surface area (TPSA) is 80.4 Å². The number of rotatable bonds is 2. The zero-order valence-electron chi connectivity index (χ0n) is 5.14. The number of carbonyl (C=O) groups is 2. The molecule has 0 spiro atoms. The van der Waals surface area contributed by atoms with Gasteiger partial charge in [-0.2, -0.15) is 0 Å². The van der Waals surface area contributed by atoms with E-state index in [4.69, 9.17) is 5.11 Å². The van der Waals surface area contributed by atoms with Crippen molar-refractivity contribution in [3.8, 4) is 0 Å². The van der Waals surface area contributed by atoms with Crippen molar-refractivity contribution in [2.45, 2.75) is 0 Å². The molecule has 58 valence electrons. The van der Waals surface area contributed by atoms with Crippen molar-refractivity contribution in [2.24, 2.45) is 0 Å². The number of aromatic nitrogens is 1. The van der Waals surface area contributed by atoms with E-state index in [0.717, 1.165) is 6.07 Å². The summed E-state index contributed by atoms with van der Waals surface area (Å²) in [5, 5.41) is 10.8. The summed E-state index contributed by atoms with van der Waals surface area (Å²) in [5.41, 5.74) is -0.303. The van der Waals surface area contributed by atoms with Crippen LogP contribution in [-0.4, -0.2) is 21.3 Å². The van der Waals surface area contributed by atoms with Gasteiger partial charge in [-0.3, -0.25) is 4.79 Å². The average molecular weight is 173 g/mol. The van der Waals surface area contributed by atoms with E-state index in [1.54, 1.807) is 0 Å². The second-order valence-electron chi connectivity index (χ2n) is 1.69. The van der Waals surface area contributed by atoms with Crippen LogP contribution in [0.3, 0.4) is 0 Å². The second kappa shape index (κ2) is 2.75. The molecule has 0 saturated carbocycles. The Morgan fingerprint density at radius 1 is 1.64 bits per heavy atom. The van der Waals surface area contributed by atoms with Gasteiger partial charge in [0.2, 0.25) is 5.76 Å². The van der Waals surface area contributed by atoms with Crippen LogP contribution in [0.15, 0.2) is 10.6 Å². The van der Waals surface area contributed by atoms with Crippen molar-refractivity contribution in [3.05, 3.63) is 17.5 Å². The van der Waals surface area contributed by atoms with Crippen molar-refractivity contribution >= 4 is 23.7 Å². The van der Waals surface area contributed by atoms with Gasteiger partial charge in [0.15, 0.2) is 5.69 Å². The molecule has 1 aromatic heterocycles. The zero-order chi connectivity index (χ0) is 8.43. The molecule has 0 aliphatic rings. The molecule has 0 aliphatic carbocycles. The van der Waals surface area contributed by atoms with Gasteiger partial charge in [0, 0.05) is 6.07 Å². The van der Waals surface area contributed by atoms with Gasteiger partial charge in [0.05, 0.1) is 0 Å². The highest BCUT2D eigenvalue weighted by atomic mass is 32.1. The highest BCUT2D eigenvalue weighted by molar-refractivity contribution is 7.97. The highest BCUT2D eigenvalue weighted by Gasteiger charge is 2.13. The monoisotopic (exact) mass is 173 g/mol. The van der Waals surface area contributed by atoms with E-state index in [1.165, 1.54) is 0 Å². The van der Waals surface area contributed by atoms with Crippen LogP contribution in [0.5, 0.6) is 0 Å². The third-order valence-electron chi connectivity index (χ3n) is 0.940. The van der Waals surface area contributed by atoms with Gasteiger partial charge in [0.25, 0.3) is 5.12 Å². The van der Waals surface area contributed by atoms with Gasteiger partial charge in [-0.15, -0.1) is 0 Å². The van der Waals surface area contributed by atoms with Crippen molar-refractivity contribution in [1.82, 2.24) is 5.16 Å². The zero-order valence-corrected chi connectivity index (χ0v) is 6.04. The molecule has 5 nitrogen and oxygen atoms in total. The van der Waals surface area contributed by atoms with Gasteiger partial charge in [0.1, 0.15) is 0 Å². The average Bonchev–Trinajstić information content (AvgIpc) is 2.33. The van der Waals surface area contributed by atoms with E-state index < -0.39 is 11.1 Å². The van der Waals surface area contributed by atoms with Gasteiger partial charge in [-0.1, -0.05) is 17.8 Å². The van der Waals surface area contributed by atoms with Crippen molar-refractivity contribution in [3.63, 3.8) is 0 Å². The Hall–Kier alpha value is -1.30. The van der Waals surface area contributed by atoms with Crippen molar-refractivity contribution in [2.75, 3.05) is 0 Å². The molecule has 0 aromatic carbocycles. The minimum Gasteiger partial charge on any atom is -0.476 e. The number of hydrogen-bond donors (Lipinski definition) is 2. The molecule has 11 heavy (non-hydrogen) atoms. The Bertz CT molecular complexity index is 277. The van der Waals surface area contributed by atoms with E-state index in [0.29, 0.717) is 0 Å². The fourth-order valence-corrected chi connectivity index (χ4v) is 0.582. The second-order valence-corrected chi connectivity index (χ2v) is 2.09. The molecule has 1 rings (SSSR count). The first-order valence-corrected chi connectivity index (χ1v) is 2.99. The van der Waals surface area contributed by atoms with Gasteiger partial charge >= 0.3 is 5.97 Å². The molecule has 6 heteroatoms. The van der Waals surface area contributed by atoms with Gasteiger partial charge in [-0.25, -0.2) is 4.79 Å². The SMILES string of the molecule is O=C(O)c1cc(C(=O)S)on1. The number of aromatic carboxylic acids is 1. The lowest BCUT2D eigenvalue weighted by atomic mass is 10.4. The fraction of sp³-hybridized carbons (Fsp3) is 0. The molecule has 0 fully saturated rings. The highest BCUT2D eigenvalue weighted by Crippen LogP contribution is 2.05. The first-order chi connectivity index (χ1) is 5.11. The summed E-state index contributed by atoms with van der Waals surface area (Å²) in [6, 6.07) is 1.01. The lowest BCUT2D eigenvalue weighted by Gasteiger charge is -1.77. The fourth-order valence-electron chi connectivity index (χ4n) is 0.477. The molecule has 0 atom stereocenters. The third kappa shape index (κ3) is 1.58. The summed E-state index contributed by atoms with van der Waals surface area (Å²) in [6.45, 7) is 0. The molecular formula is C5H3NO4S. The van der Waals surface area contributed by atoms with E-state index in [-0.39, 0.29) is 11.5 Å². The van der Waals surface area contributed by atoms with E-state index in [2.05, 4.69) is 22.3 Å². The molecule has 0 unspecified atom stereocenters. The Kier molecular flexibility index (Phi) is 1.95. The van der Waals surface area contributed by atoms with Crippen molar-refractivity contribution in [1.29, 1.82) is 0 Å². The number of hydrogen-bond acceptors (Lipinski definition) is 4. The summed E-state index contributed by atoms with van der Waals surface area (Å²) in [4.78, 5) is 20.6. The lowest BCUT2D eigenvalue weighted by Crippen LogP contribution is -1.94. The molecular weight excluding hydrogens is 170 g/mol. The lowest BCUT2D eigenvalue weighted by molar-refractivity contribution is 0.0685. The largest absolute Gasteiger partial charge is 0.476 e. The standard InChI is InChI=1S/C5H3NO4S/c7-4(8)2-1-3(5(9)11)10-6-2/h1H,(H,7,8)(H,9,11). The van der Waals surface area contributed by atoms with Crippen LogP contribution in [0.2, 0.25) is 0 Å². The van der Waals surface area contributed by atoms with Crippen LogP contribution in [0.25, 0.3) is 0 Å². The van der Waals surface area contributed by atoms with Crippen molar-refractivity contribution < 1.29 is 19.2 Å². The normalized spacial score (nSPS) is 9.55. The van der Waals surface area contributed by atoms with Crippen LogP contribution < -0.4 is 0 Å². The maximum atomic E-state index is 10.4. The number of nitrogens with zero attached hydrogens (tertiary/aromatic N) is 1. The summed E-state index contributed by atoms with van der Waals surface area (Å²) in [5.74, 6) is -1.42. The molecule has 0 amide bonds. The van der Waals surface area contributed by atoms with E-state index in [1.807, 2.05) is 0 Å². The Morgan fingerprint density at radius 3 is 2.55 bits per heavy atom. The molecule has 0 saturated heterocycles. The van der Waals surface area contributed by atoms with Crippen LogP contribution >= 0.6 is 12.6 Å². The first-order valence-electron chi connectivity index (χ1n) is 2.54. The van der Waals surface area contributed by atoms with Crippen LogP contribution in [-0.2, 0) is 0 Å². The first kappa shape index (κ1) is 7.80. The predicted molar refractivity (Wildman–Crippen MR) is 36.8 cm³/mol. The van der Waals surface area contributed by atoms with Gasteiger partial charge in [-0.05, 0) is 0 Å². The van der Waals surface area contributed by atoms with Crippen LogP contribution in [0.4, 0.5) is 0 Å². The number of carbonyl (C=O) groups excluding carboxylic acids is 1. The maximum Gasteiger partial charge on any atom is 0.358 e. The predicted octanol–water partition coefficient (Wildman–Crippen LogP) is 0.443. The molecule has 1 heterocycles. The summed E-state index contributed by atoms with van der Waals surface area (Å²) in [6.07, 6.45) is 0. The minimum absolute atomic E-state index is 0.175. The third-order valence-corrected chi connectivity index (χ3v) is 1.16. The molecule has 0 radical (unpaired) electrons. The van der Waals surface area contributed by atoms with E-state index in [9.17, 15) is 9.59 Å². The quantitative estimate of drug-likeness (QED) is 0.634. The number of thiol groups is 1. The molecule has 0 bridgehead atoms. The molecule has 1 N–H and O–H groups in total. The summed E-state index contributed by atoms with van der Waals surface area (Å²) >= 11 is 3.40. The molecule has 0 aliphatic heterocycles. The minimum atomic E-state index is -1.24. The van der Waals surface area contributed by atoms with Gasteiger partial charge < -0.3 is 9.63 Å². The summed E-state index contributed by atoms with van der Waals surface area (Å²) < 4.78 is 4.33. The maximum absolute atomic E-state index is 10.4. The Balaban J connectivity index is 2.99. The Labute approximate surface area is 66.4 Å². The van der Waals surface area contributed by atoms with Crippen LogP contribution in [0, 0.1) is 0 Å².